The van der Waals surface area contributed by atoms with Gasteiger partial charge in [0.05, 0.1) is 6.04 Å². The van der Waals surface area contributed by atoms with Crippen molar-refractivity contribution in [2.75, 3.05) is 13.1 Å². The lowest BCUT2D eigenvalue weighted by Crippen LogP contribution is -2.44. The summed E-state index contributed by atoms with van der Waals surface area (Å²) in [4.78, 5) is 33.0. The minimum atomic E-state index is -0.866. The average molecular weight is 257 g/mol. The Morgan fingerprint density at radius 1 is 1.56 bits per heavy atom. The number of amides is 3. The van der Waals surface area contributed by atoms with Crippen LogP contribution in [0.3, 0.4) is 0 Å². The van der Waals surface area contributed by atoms with Crippen LogP contribution < -0.4 is 16.0 Å². The molecule has 4 N–H and O–H groups in total. The quantitative estimate of drug-likeness (QED) is 0.522. The van der Waals surface area contributed by atoms with E-state index < -0.39 is 5.97 Å². The van der Waals surface area contributed by atoms with Crippen molar-refractivity contribution in [2.24, 2.45) is 5.92 Å². The number of urea groups is 1. The molecule has 0 aromatic heterocycles. The van der Waals surface area contributed by atoms with Gasteiger partial charge in [-0.15, -0.1) is 0 Å². The van der Waals surface area contributed by atoms with E-state index in [2.05, 4.69) is 16.0 Å². The van der Waals surface area contributed by atoms with Crippen LogP contribution in [-0.2, 0) is 9.59 Å². The fourth-order valence-electron chi connectivity index (χ4n) is 1.79. The van der Waals surface area contributed by atoms with Gasteiger partial charge in [-0.25, -0.2) is 4.79 Å². The second kappa shape index (κ2) is 6.83. The van der Waals surface area contributed by atoms with Gasteiger partial charge >= 0.3 is 12.0 Å². The summed E-state index contributed by atoms with van der Waals surface area (Å²) in [5, 5.41) is 16.6. The monoisotopic (exact) mass is 257 g/mol. The highest BCUT2D eigenvalue weighted by Gasteiger charge is 2.23. The smallest absolute Gasteiger partial charge is 0.315 e. The molecule has 102 valence electrons. The summed E-state index contributed by atoms with van der Waals surface area (Å²) in [6.45, 7) is 2.65. The van der Waals surface area contributed by atoms with Crippen LogP contribution in [0.4, 0.5) is 4.79 Å². The average Bonchev–Trinajstić information content (AvgIpc) is 2.69. The summed E-state index contributed by atoms with van der Waals surface area (Å²) in [6, 6.07) is -0.544. The summed E-state index contributed by atoms with van der Waals surface area (Å²) in [5.74, 6) is -1.01. The first kappa shape index (κ1) is 14.3. The first-order valence-corrected chi connectivity index (χ1v) is 6.04. The van der Waals surface area contributed by atoms with Crippen molar-refractivity contribution in [3.05, 3.63) is 0 Å². The number of carbonyl (C=O) groups excluding carboxylic acids is 2. The molecule has 0 aromatic rings. The third-order valence-electron chi connectivity index (χ3n) is 2.90. The van der Waals surface area contributed by atoms with E-state index in [0.717, 1.165) is 0 Å². The van der Waals surface area contributed by atoms with E-state index in [4.69, 9.17) is 5.11 Å². The normalized spacial score (nSPS) is 20.1. The van der Waals surface area contributed by atoms with Crippen molar-refractivity contribution in [3.8, 4) is 0 Å². The lowest BCUT2D eigenvalue weighted by Gasteiger charge is -2.15. The predicted molar refractivity (Wildman–Crippen MR) is 64.0 cm³/mol. The zero-order chi connectivity index (χ0) is 13.5. The number of carboxylic acid groups (broad SMARTS) is 1. The van der Waals surface area contributed by atoms with Crippen LogP contribution in [0.15, 0.2) is 0 Å². The van der Waals surface area contributed by atoms with Gasteiger partial charge in [-0.3, -0.25) is 9.59 Å². The highest BCUT2D eigenvalue weighted by molar-refractivity contribution is 5.81. The summed E-state index contributed by atoms with van der Waals surface area (Å²) in [5.41, 5.74) is 0. The van der Waals surface area contributed by atoms with Gasteiger partial charge in [-0.05, 0) is 5.92 Å². The van der Waals surface area contributed by atoms with Gasteiger partial charge in [0.25, 0.3) is 0 Å². The SMILES string of the molecule is CCC(CNC(=O)NC1CNC(=O)C1)CC(=O)O. The summed E-state index contributed by atoms with van der Waals surface area (Å²) < 4.78 is 0. The molecule has 0 saturated carbocycles. The van der Waals surface area contributed by atoms with Crippen molar-refractivity contribution in [1.82, 2.24) is 16.0 Å². The van der Waals surface area contributed by atoms with Crippen LogP contribution in [0.2, 0.25) is 0 Å². The van der Waals surface area contributed by atoms with Crippen LogP contribution in [-0.4, -0.2) is 42.1 Å². The van der Waals surface area contributed by atoms with Gasteiger partial charge in [-0.2, -0.15) is 0 Å². The minimum absolute atomic E-state index is 0.0419. The maximum Gasteiger partial charge on any atom is 0.315 e. The van der Waals surface area contributed by atoms with Crippen LogP contribution in [0.1, 0.15) is 26.2 Å². The number of aliphatic carboxylic acids is 1. The molecule has 1 aliphatic rings. The maximum atomic E-state index is 11.5. The lowest BCUT2D eigenvalue weighted by molar-refractivity contribution is -0.138. The second-order valence-electron chi connectivity index (χ2n) is 4.43. The Hall–Kier alpha value is -1.79. The van der Waals surface area contributed by atoms with Gasteiger partial charge in [-0.1, -0.05) is 13.3 Å². The first-order chi connectivity index (χ1) is 8.51. The van der Waals surface area contributed by atoms with Crippen LogP contribution in [0.25, 0.3) is 0 Å². The Morgan fingerprint density at radius 3 is 2.78 bits per heavy atom. The van der Waals surface area contributed by atoms with Crippen LogP contribution in [0.5, 0.6) is 0 Å². The van der Waals surface area contributed by atoms with Crippen LogP contribution in [0, 0.1) is 5.92 Å². The molecule has 2 unspecified atom stereocenters. The standard InChI is InChI=1S/C11H19N3O4/c1-2-7(3-10(16)17)5-13-11(18)14-8-4-9(15)12-6-8/h7-8H,2-6H2,1H3,(H,12,15)(H,16,17)(H2,13,14,18). The molecule has 1 rings (SSSR count). The Bertz CT molecular complexity index is 332. The number of hydrogen-bond donors (Lipinski definition) is 4. The highest BCUT2D eigenvalue weighted by Crippen LogP contribution is 2.06. The van der Waals surface area contributed by atoms with Gasteiger partial charge in [0, 0.05) is 25.9 Å². The topological polar surface area (TPSA) is 108 Å². The molecule has 0 aromatic carbocycles. The van der Waals surface area contributed by atoms with Gasteiger partial charge in [0.1, 0.15) is 0 Å². The molecule has 1 saturated heterocycles. The Balaban J connectivity index is 2.23. The molecule has 2 atom stereocenters. The highest BCUT2D eigenvalue weighted by atomic mass is 16.4. The number of carbonyl (C=O) groups is 3. The van der Waals surface area contributed by atoms with E-state index in [1.165, 1.54) is 0 Å². The Labute approximate surface area is 105 Å². The van der Waals surface area contributed by atoms with Gasteiger partial charge < -0.3 is 21.1 Å². The van der Waals surface area contributed by atoms with E-state index in [0.29, 0.717) is 25.9 Å². The predicted octanol–water partition coefficient (Wildman–Crippen LogP) is -0.325. The number of rotatable bonds is 6. The van der Waals surface area contributed by atoms with Crippen molar-refractivity contribution >= 4 is 17.9 Å². The number of hydrogen-bond acceptors (Lipinski definition) is 3. The molecule has 3 amide bonds. The lowest BCUT2D eigenvalue weighted by atomic mass is 10.0. The summed E-state index contributed by atoms with van der Waals surface area (Å²) in [7, 11) is 0. The van der Waals surface area contributed by atoms with Crippen molar-refractivity contribution in [2.45, 2.75) is 32.2 Å². The zero-order valence-electron chi connectivity index (χ0n) is 10.4. The van der Waals surface area contributed by atoms with Crippen molar-refractivity contribution < 1.29 is 19.5 Å². The van der Waals surface area contributed by atoms with Crippen LogP contribution >= 0.6 is 0 Å². The molecule has 0 radical (unpaired) electrons. The molecular formula is C11H19N3O4. The third-order valence-corrected chi connectivity index (χ3v) is 2.90. The summed E-state index contributed by atoms with van der Waals surface area (Å²) >= 11 is 0. The zero-order valence-corrected chi connectivity index (χ0v) is 10.4. The van der Waals surface area contributed by atoms with Gasteiger partial charge in [0.15, 0.2) is 0 Å². The molecule has 0 aliphatic carbocycles. The molecule has 1 heterocycles. The van der Waals surface area contributed by atoms with E-state index in [9.17, 15) is 14.4 Å². The molecular weight excluding hydrogens is 238 g/mol. The second-order valence-corrected chi connectivity index (χ2v) is 4.43. The Kier molecular flexibility index (Phi) is 5.41. The third kappa shape index (κ3) is 5.03. The van der Waals surface area contributed by atoms with Crippen molar-refractivity contribution in [1.29, 1.82) is 0 Å². The molecule has 18 heavy (non-hydrogen) atoms. The number of carboxylic acids is 1. The molecule has 7 nitrogen and oxygen atoms in total. The largest absolute Gasteiger partial charge is 0.481 e. The van der Waals surface area contributed by atoms with E-state index in [-0.39, 0.29) is 30.3 Å². The fraction of sp³-hybridized carbons (Fsp3) is 0.727. The molecule has 1 aliphatic heterocycles. The molecule has 0 spiro atoms. The minimum Gasteiger partial charge on any atom is -0.481 e. The first-order valence-electron chi connectivity index (χ1n) is 6.04. The fourth-order valence-corrected chi connectivity index (χ4v) is 1.79. The molecule has 0 bridgehead atoms. The number of nitrogens with one attached hydrogen (secondary N) is 3. The Morgan fingerprint density at radius 2 is 2.28 bits per heavy atom. The van der Waals surface area contributed by atoms with Crippen molar-refractivity contribution in [3.63, 3.8) is 0 Å². The summed E-state index contributed by atoms with van der Waals surface area (Å²) in [6.07, 6.45) is 1.02. The van der Waals surface area contributed by atoms with E-state index >= 15 is 0 Å². The molecule has 7 heteroatoms. The maximum absolute atomic E-state index is 11.5. The molecule has 1 fully saturated rings. The van der Waals surface area contributed by atoms with Gasteiger partial charge in [0.2, 0.25) is 5.91 Å². The van der Waals surface area contributed by atoms with E-state index in [1.807, 2.05) is 6.92 Å². The van der Waals surface area contributed by atoms with E-state index in [1.54, 1.807) is 0 Å².